The third-order valence-corrected chi connectivity index (χ3v) is 3.09. The van der Waals surface area contributed by atoms with E-state index in [1.807, 2.05) is 0 Å². The van der Waals surface area contributed by atoms with E-state index >= 15 is 0 Å². The molecule has 2 aromatic rings. The van der Waals surface area contributed by atoms with Crippen LogP contribution in [0.1, 0.15) is 12.5 Å². The number of rotatable bonds is 6. The first-order chi connectivity index (χ1) is 11.9. The van der Waals surface area contributed by atoms with Gasteiger partial charge in [-0.15, -0.1) is 0 Å². The fraction of sp³-hybridized carbons (Fsp3) is 0.125. The Bertz CT molecular complexity index is 840. The van der Waals surface area contributed by atoms with Crippen LogP contribution in [0.3, 0.4) is 0 Å². The Morgan fingerprint density at radius 2 is 2.00 bits per heavy atom. The van der Waals surface area contributed by atoms with Crippen molar-refractivity contribution in [2.45, 2.75) is 6.92 Å². The lowest BCUT2D eigenvalue weighted by Gasteiger charge is -2.06. The molecule has 0 spiro atoms. The standard InChI is InChI=1S/C16H13F2N3O4/c1-10(12-8-11(17)6-7-13(12)18)19-20-16(22)9-25-15-5-3-2-4-14(15)21(23)24/h2-8H,9H2,1H3,(H,20,22)/b19-10-. The number of hydrogen-bond acceptors (Lipinski definition) is 5. The number of carbonyl (C=O) groups is 1. The maximum atomic E-state index is 13.6. The highest BCUT2D eigenvalue weighted by molar-refractivity contribution is 5.99. The quantitative estimate of drug-likeness (QED) is 0.493. The first kappa shape index (κ1) is 18.0. The topological polar surface area (TPSA) is 93.8 Å². The Balaban J connectivity index is 1.99. The van der Waals surface area contributed by atoms with E-state index in [0.29, 0.717) is 0 Å². The number of hydrogen-bond donors (Lipinski definition) is 1. The first-order valence-electron chi connectivity index (χ1n) is 7.03. The van der Waals surface area contributed by atoms with Gasteiger partial charge in [0.15, 0.2) is 12.4 Å². The predicted octanol–water partition coefficient (Wildman–Crippen LogP) is 2.79. The first-order valence-corrected chi connectivity index (χ1v) is 7.03. The molecule has 0 saturated carbocycles. The number of halogens is 2. The third kappa shape index (κ3) is 4.80. The Labute approximate surface area is 141 Å². The second kappa shape index (κ2) is 7.95. The van der Waals surface area contributed by atoms with Crippen LogP contribution in [0, 0.1) is 21.7 Å². The van der Waals surface area contributed by atoms with Crippen LogP contribution in [0.2, 0.25) is 0 Å². The molecule has 1 N–H and O–H groups in total. The average Bonchev–Trinajstić information content (AvgIpc) is 2.60. The van der Waals surface area contributed by atoms with Gasteiger partial charge < -0.3 is 4.74 Å². The molecule has 0 saturated heterocycles. The zero-order valence-electron chi connectivity index (χ0n) is 13.0. The van der Waals surface area contributed by atoms with Crippen LogP contribution in [0.4, 0.5) is 14.5 Å². The molecule has 0 fully saturated rings. The lowest BCUT2D eigenvalue weighted by molar-refractivity contribution is -0.385. The Kier molecular flexibility index (Phi) is 5.72. The average molecular weight is 349 g/mol. The van der Waals surface area contributed by atoms with Gasteiger partial charge in [0.2, 0.25) is 0 Å². The summed E-state index contributed by atoms with van der Waals surface area (Å²) in [7, 11) is 0. The SMILES string of the molecule is C/C(=N/NC(=O)COc1ccccc1[N+](=O)[O-])c1cc(F)ccc1F. The van der Waals surface area contributed by atoms with Crippen LogP contribution in [0.15, 0.2) is 47.6 Å². The van der Waals surface area contributed by atoms with Gasteiger partial charge in [0, 0.05) is 11.6 Å². The lowest BCUT2D eigenvalue weighted by Crippen LogP contribution is -2.26. The minimum Gasteiger partial charge on any atom is -0.477 e. The third-order valence-electron chi connectivity index (χ3n) is 3.09. The smallest absolute Gasteiger partial charge is 0.310 e. The Morgan fingerprint density at radius 1 is 1.28 bits per heavy atom. The molecule has 9 heteroatoms. The molecule has 0 aliphatic rings. The van der Waals surface area contributed by atoms with Gasteiger partial charge in [-0.1, -0.05) is 12.1 Å². The van der Waals surface area contributed by atoms with E-state index in [2.05, 4.69) is 10.5 Å². The highest BCUT2D eigenvalue weighted by Gasteiger charge is 2.15. The minimum atomic E-state index is -0.714. The van der Waals surface area contributed by atoms with E-state index in [0.717, 1.165) is 18.2 Å². The van der Waals surface area contributed by atoms with Gasteiger partial charge in [0.25, 0.3) is 5.91 Å². The maximum Gasteiger partial charge on any atom is 0.310 e. The van der Waals surface area contributed by atoms with Crippen LogP contribution < -0.4 is 10.2 Å². The summed E-state index contributed by atoms with van der Waals surface area (Å²) in [6, 6.07) is 8.43. The Morgan fingerprint density at radius 3 is 2.72 bits per heavy atom. The van der Waals surface area contributed by atoms with Gasteiger partial charge >= 0.3 is 5.69 Å². The van der Waals surface area contributed by atoms with E-state index in [-0.39, 0.29) is 22.7 Å². The molecular weight excluding hydrogens is 336 g/mol. The maximum absolute atomic E-state index is 13.6. The molecule has 0 bridgehead atoms. The summed E-state index contributed by atoms with van der Waals surface area (Å²) in [5, 5.41) is 14.5. The van der Waals surface area contributed by atoms with Crippen molar-refractivity contribution < 1.29 is 23.2 Å². The number of nitrogens with one attached hydrogen (secondary N) is 1. The molecule has 2 rings (SSSR count). The van der Waals surface area contributed by atoms with E-state index in [1.54, 1.807) is 0 Å². The molecule has 0 radical (unpaired) electrons. The van der Waals surface area contributed by atoms with Crippen LogP contribution >= 0.6 is 0 Å². The van der Waals surface area contributed by atoms with Crippen molar-refractivity contribution in [1.29, 1.82) is 0 Å². The largest absolute Gasteiger partial charge is 0.477 e. The molecule has 0 unspecified atom stereocenters. The summed E-state index contributed by atoms with van der Waals surface area (Å²) in [5.74, 6) is -2.11. The number of nitro groups is 1. The molecule has 0 aliphatic heterocycles. The van der Waals surface area contributed by atoms with Gasteiger partial charge in [-0.25, -0.2) is 14.2 Å². The molecule has 2 aromatic carbocycles. The lowest BCUT2D eigenvalue weighted by atomic mass is 10.1. The number of nitro benzene ring substituents is 1. The second-order valence-electron chi connectivity index (χ2n) is 4.87. The summed E-state index contributed by atoms with van der Waals surface area (Å²) in [4.78, 5) is 21.9. The van der Waals surface area contributed by atoms with E-state index in [4.69, 9.17) is 4.74 Å². The second-order valence-corrected chi connectivity index (χ2v) is 4.87. The van der Waals surface area contributed by atoms with Crippen molar-refractivity contribution in [2.75, 3.05) is 6.61 Å². The van der Waals surface area contributed by atoms with Crippen LogP contribution in [0.5, 0.6) is 5.75 Å². The highest BCUT2D eigenvalue weighted by atomic mass is 19.1. The van der Waals surface area contributed by atoms with E-state index in [1.165, 1.54) is 31.2 Å². The van der Waals surface area contributed by atoms with Crippen molar-refractivity contribution in [1.82, 2.24) is 5.43 Å². The van der Waals surface area contributed by atoms with Crippen LogP contribution in [0.25, 0.3) is 0 Å². The van der Waals surface area contributed by atoms with Gasteiger partial charge in [-0.2, -0.15) is 5.10 Å². The van der Waals surface area contributed by atoms with Gasteiger partial charge in [0.1, 0.15) is 11.6 Å². The number of amides is 1. The normalized spacial score (nSPS) is 11.1. The summed E-state index contributed by atoms with van der Waals surface area (Å²) >= 11 is 0. The summed E-state index contributed by atoms with van der Waals surface area (Å²) < 4.78 is 31.8. The molecule has 0 aliphatic carbocycles. The van der Waals surface area contributed by atoms with E-state index in [9.17, 15) is 23.7 Å². The minimum absolute atomic E-state index is 0.0519. The summed E-state index contributed by atoms with van der Waals surface area (Å²) in [5.41, 5.74) is 1.79. The van der Waals surface area contributed by atoms with Crippen molar-refractivity contribution in [2.24, 2.45) is 5.10 Å². The van der Waals surface area contributed by atoms with Crippen LogP contribution in [-0.2, 0) is 4.79 Å². The molecule has 130 valence electrons. The van der Waals surface area contributed by atoms with Crippen molar-refractivity contribution >= 4 is 17.3 Å². The van der Waals surface area contributed by atoms with Crippen molar-refractivity contribution in [3.63, 3.8) is 0 Å². The Hall–Kier alpha value is -3.36. The van der Waals surface area contributed by atoms with Crippen LogP contribution in [-0.4, -0.2) is 23.1 Å². The molecule has 0 aromatic heterocycles. The zero-order valence-corrected chi connectivity index (χ0v) is 13.0. The fourth-order valence-corrected chi connectivity index (χ4v) is 1.89. The molecule has 7 nitrogen and oxygen atoms in total. The van der Waals surface area contributed by atoms with E-state index < -0.39 is 29.1 Å². The molecule has 0 heterocycles. The van der Waals surface area contributed by atoms with Gasteiger partial charge in [-0.3, -0.25) is 14.9 Å². The van der Waals surface area contributed by atoms with Crippen molar-refractivity contribution in [3.8, 4) is 5.75 Å². The number of para-hydroxylation sites is 2. The molecule has 25 heavy (non-hydrogen) atoms. The summed E-state index contributed by atoms with van der Waals surface area (Å²) in [6.07, 6.45) is 0. The highest BCUT2D eigenvalue weighted by Crippen LogP contribution is 2.25. The van der Waals surface area contributed by atoms with Crippen molar-refractivity contribution in [3.05, 3.63) is 69.8 Å². The molecule has 1 amide bonds. The number of ether oxygens (including phenoxy) is 1. The fourth-order valence-electron chi connectivity index (χ4n) is 1.89. The van der Waals surface area contributed by atoms with Gasteiger partial charge in [0.05, 0.1) is 10.6 Å². The van der Waals surface area contributed by atoms with Gasteiger partial charge in [-0.05, 0) is 31.2 Å². The zero-order chi connectivity index (χ0) is 18.4. The molecular formula is C16H13F2N3O4. The summed E-state index contributed by atoms with van der Waals surface area (Å²) in [6.45, 7) is 0.855. The number of hydrazone groups is 1. The number of benzene rings is 2. The number of nitrogens with zero attached hydrogens (tertiary/aromatic N) is 2. The number of carbonyl (C=O) groups excluding carboxylic acids is 1. The molecule has 0 atom stereocenters. The predicted molar refractivity (Wildman–Crippen MR) is 85.3 cm³/mol. The monoisotopic (exact) mass is 349 g/mol.